The highest BCUT2D eigenvalue weighted by Gasteiger charge is 2.16. The monoisotopic (exact) mass is 319 g/mol. The van der Waals surface area contributed by atoms with Gasteiger partial charge in [-0.3, -0.25) is 4.79 Å². The number of anilines is 1. The number of carbonyl (C=O) groups is 2. The largest absolute Gasteiger partial charge is 0.497 e. The highest BCUT2D eigenvalue weighted by atomic mass is 32.1. The Morgan fingerprint density at radius 1 is 1.27 bits per heavy atom. The van der Waals surface area contributed by atoms with E-state index in [4.69, 9.17) is 4.74 Å². The lowest BCUT2D eigenvalue weighted by molar-refractivity contribution is -0.115. The van der Waals surface area contributed by atoms with Crippen molar-refractivity contribution in [2.75, 3.05) is 12.4 Å². The molecule has 0 aliphatic rings. The molecule has 5 nitrogen and oxygen atoms in total. The zero-order valence-corrected chi connectivity index (χ0v) is 13.2. The zero-order chi connectivity index (χ0) is 16.1. The number of benzene rings is 1. The van der Waals surface area contributed by atoms with Crippen LogP contribution in [0.1, 0.15) is 27.7 Å². The number of amides is 1. The van der Waals surface area contributed by atoms with E-state index < -0.39 is 5.97 Å². The van der Waals surface area contributed by atoms with Gasteiger partial charge in [0, 0.05) is 4.88 Å². The van der Waals surface area contributed by atoms with E-state index in [1.807, 2.05) is 19.1 Å². The molecule has 0 fully saturated rings. The molecule has 0 bridgehead atoms. The Kier molecular flexibility index (Phi) is 5.16. The predicted molar refractivity (Wildman–Crippen MR) is 86.0 cm³/mol. The molecule has 1 heterocycles. The lowest BCUT2D eigenvalue weighted by atomic mass is 10.1. The summed E-state index contributed by atoms with van der Waals surface area (Å²) in [4.78, 5) is 24.2. The molecular weight excluding hydrogens is 302 g/mol. The Labute approximate surface area is 132 Å². The summed E-state index contributed by atoms with van der Waals surface area (Å²) in [5.41, 5.74) is 0.979. The molecule has 1 amide bonds. The summed E-state index contributed by atoms with van der Waals surface area (Å²) >= 11 is 1.30. The van der Waals surface area contributed by atoms with Crippen molar-refractivity contribution in [3.8, 4) is 5.75 Å². The van der Waals surface area contributed by atoms with E-state index in [1.165, 1.54) is 11.3 Å². The lowest BCUT2D eigenvalue weighted by Crippen LogP contribution is -2.15. The molecule has 2 rings (SSSR count). The number of carbonyl (C=O) groups excluding carboxylic acids is 1. The van der Waals surface area contributed by atoms with E-state index in [0.717, 1.165) is 22.6 Å². The molecule has 0 aliphatic carbocycles. The number of ether oxygens (including phenoxy) is 1. The van der Waals surface area contributed by atoms with Crippen molar-refractivity contribution in [1.29, 1.82) is 0 Å². The van der Waals surface area contributed by atoms with E-state index in [1.54, 1.807) is 25.3 Å². The van der Waals surface area contributed by atoms with Crippen LogP contribution in [-0.2, 0) is 17.6 Å². The number of methoxy groups -OCH3 is 1. The lowest BCUT2D eigenvalue weighted by Gasteiger charge is -2.05. The summed E-state index contributed by atoms with van der Waals surface area (Å²) < 4.78 is 5.06. The fourth-order valence-corrected chi connectivity index (χ4v) is 2.97. The van der Waals surface area contributed by atoms with Gasteiger partial charge in [0.2, 0.25) is 5.91 Å². The van der Waals surface area contributed by atoms with E-state index >= 15 is 0 Å². The topological polar surface area (TPSA) is 75.6 Å². The molecular formula is C16H17NO4S. The summed E-state index contributed by atoms with van der Waals surface area (Å²) in [7, 11) is 1.58. The first-order chi connectivity index (χ1) is 10.5. The summed E-state index contributed by atoms with van der Waals surface area (Å²) in [6, 6.07) is 8.79. The summed E-state index contributed by atoms with van der Waals surface area (Å²) in [5, 5.41) is 12.3. The first-order valence-corrected chi connectivity index (χ1v) is 7.64. The van der Waals surface area contributed by atoms with Crippen molar-refractivity contribution in [2.45, 2.75) is 19.8 Å². The molecule has 0 saturated heterocycles. The molecule has 6 heteroatoms. The third kappa shape index (κ3) is 3.85. The molecule has 0 spiro atoms. The summed E-state index contributed by atoms with van der Waals surface area (Å²) in [6.07, 6.45) is 0.918. The van der Waals surface area contributed by atoms with Crippen molar-refractivity contribution in [2.24, 2.45) is 0 Å². The van der Waals surface area contributed by atoms with Crippen LogP contribution < -0.4 is 10.1 Å². The van der Waals surface area contributed by atoms with Crippen molar-refractivity contribution >= 4 is 28.2 Å². The van der Waals surface area contributed by atoms with Gasteiger partial charge in [-0.15, -0.1) is 11.3 Å². The quantitative estimate of drug-likeness (QED) is 0.857. The number of nitrogens with one attached hydrogen (secondary N) is 1. The number of aryl methyl sites for hydroxylation is 1. The number of hydrogen-bond acceptors (Lipinski definition) is 4. The smallest absolute Gasteiger partial charge is 0.338 e. The van der Waals surface area contributed by atoms with Crippen molar-refractivity contribution in [3.63, 3.8) is 0 Å². The van der Waals surface area contributed by atoms with Gasteiger partial charge in [-0.05, 0) is 30.2 Å². The summed E-state index contributed by atoms with van der Waals surface area (Å²) in [6.45, 7) is 1.94. The van der Waals surface area contributed by atoms with Crippen LogP contribution in [0.25, 0.3) is 0 Å². The molecule has 1 aromatic carbocycles. The molecule has 1 aromatic heterocycles. The van der Waals surface area contributed by atoms with E-state index in [2.05, 4.69) is 5.32 Å². The molecule has 22 heavy (non-hydrogen) atoms. The molecule has 0 radical (unpaired) electrons. The van der Waals surface area contributed by atoms with Gasteiger partial charge in [0.1, 0.15) is 10.8 Å². The molecule has 0 aliphatic heterocycles. The van der Waals surface area contributed by atoms with Crippen LogP contribution in [-0.4, -0.2) is 24.1 Å². The Hall–Kier alpha value is -2.34. The SMILES string of the molecule is CCc1cc(C(=O)O)c(NC(=O)Cc2ccc(OC)cc2)s1. The van der Waals surface area contributed by atoms with Crippen LogP contribution in [0.2, 0.25) is 0 Å². The fraction of sp³-hybridized carbons (Fsp3) is 0.250. The number of rotatable bonds is 6. The first kappa shape index (κ1) is 16.0. The van der Waals surface area contributed by atoms with Crippen molar-refractivity contribution in [3.05, 3.63) is 46.3 Å². The van der Waals surface area contributed by atoms with Gasteiger partial charge in [-0.25, -0.2) is 4.79 Å². The minimum Gasteiger partial charge on any atom is -0.497 e. The van der Waals surface area contributed by atoms with Gasteiger partial charge < -0.3 is 15.2 Å². The number of aromatic carboxylic acids is 1. The second kappa shape index (κ2) is 7.09. The Morgan fingerprint density at radius 2 is 1.95 bits per heavy atom. The Morgan fingerprint density at radius 3 is 2.50 bits per heavy atom. The van der Waals surface area contributed by atoms with Gasteiger partial charge in [0.15, 0.2) is 0 Å². The van der Waals surface area contributed by atoms with Crippen LogP contribution in [0.4, 0.5) is 5.00 Å². The predicted octanol–water partition coefficient (Wildman–Crippen LogP) is 3.20. The maximum absolute atomic E-state index is 12.1. The van der Waals surface area contributed by atoms with Crippen molar-refractivity contribution in [1.82, 2.24) is 0 Å². The Balaban J connectivity index is 2.08. The van der Waals surface area contributed by atoms with Crippen LogP contribution in [0, 0.1) is 0 Å². The maximum Gasteiger partial charge on any atom is 0.338 e. The normalized spacial score (nSPS) is 10.3. The van der Waals surface area contributed by atoms with Crippen LogP contribution in [0.15, 0.2) is 30.3 Å². The number of carboxylic acid groups (broad SMARTS) is 1. The number of hydrogen-bond donors (Lipinski definition) is 2. The van der Waals surface area contributed by atoms with E-state index in [0.29, 0.717) is 5.00 Å². The van der Waals surface area contributed by atoms with E-state index in [-0.39, 0.29) is 17.9 Å². The van der Waals surface area contributed by atoms with Gasteiger partial charge in [-0.2, -0.15) is 0 Å². The second-order valence-electron chi connectivity index (χ2n) is 4.69. The Bertz CT molecular complexity index is 676. The third-order valence-corrected chi connectivity index (χ3v) is 4.33. The minimum atomic E-state index is -1.03. The summed E-state index contributed by atoms with van der Waals surface area (Å²) in [5.74, 6) is -0.545. The molecule has 2 N–H and O–H groups in total. The van der Waals surface area contributed by atoms with Crippen molar-refractivity contribution < 1.29 is 19.4 Å². The molecule has 0 saturated carbocycles. The van der Waals surface area contributed by atoms with E-state index in [9.17, 15) is 14.7 Å². The highest BCUT2D eigenvalue weighted by Crippen LogP contribution is 2.28. The second-order valence-corrected chi connectivity index (χ2v) is 5.82. The number of thiophene rings is 1. The molecule has 116 valence electrons. The minimum absolute atomic E-state index is 0.143. The molecule has 2 aromatic rings. The maximum atomic E-state index is 12.1. The molecule has 0 atom stereocenters. The molecule has 0 unspecified atom stereocenters. The van der Waals surface area contributed by atoms with Gasteiger partial charge >= 0.3 is 5.97 Å². The van der Waals surface area contributed by atoms with Gasteiger partial charge in [-0.1, -0.05) is 19.1 Å². The van der Waals surface area contributed by atoms with Gasteiger partial charge in [0.25, 0.3) is 0 Å². The highest BCUT2D eigenvalue weighted by molar-refractivity contribution is 7.16. The average Bonchev–Trinajstić information content (AvgIpc) is 2.91. The van der Waals surface area contributed by atoms with Gasteiger partial charge in [0.05, 0.1) is 19.1 Å². The third-order valence-electron chi connectivity index (χ3n) is 3.14. The van der Waals surface area contributed by atoms with Crippen LogP contribution in [0.5, 0.6) is 5.75 Å². The van der Waals surface area contributed by atoms with Crippen LogP contribution in [0.3, 0.4) is 0 Å². The van der Waals surface area contributed by atoms with Crippen LogP contribution >= 0.6 is 11.3 Å². The zero-order valence-electron chi connectivity index (χ0n) is 12.4. The first-order valence-electron chi connectivity index (χ1n) is 6.82. The fourth-order valence-electron chi connectivity index (χ4n) is 1.97. The number of carboxylic acids is 1. The average molecular weight is 319 g/mol. The standard InChI is InChI=1S/C16H17NO4S/c1-3-12-9-13(16(19)20)15(22-12)17-14(18)8-10-4-6-11(21-2)7-5-10/h4-7,9H,3,8H2,1-2H3,(H,17,18)(H,19,20).